The zero-order chi connectivity index (χ0) is 13.7. The van der Waals surface area contributed by atoms with E-state index in [-0.39, 0.29) is 0 Å². The quantitative estimate of drug-likeness (QED) is 0.853. The third kappa shape index (κ3) is 4.62. The molecule has 0 bridgehead atoms. The molecule has 0 unspecified atom stereocenters. The molecule has 0 radical (unpaired) electrons. The van der Waals surface area contributed by atoms with Gasteiger partial charge in [0.15, 0.2) is 0 Å². The van der Waals surface area contributed by atoms with Crippen LogP contribution >= 0.6 is 15.9 Å². The summed E-state index contributed by atoms with van der Waals surface area (Å²) in [5.41, 5.74) is 2.57. The van der Waals surface area contributed by atoms with Crippen molar-refractivity contribution in [2.75, 3.05) is 18.5 Å². The molecule has 102 valence electrons. The molecule has 0 fully saturated rings. The van der Waals surface area contributed by atoms with Gasteiger partial charge in [-0.05, 0) is 44.0 Å². The largest absolute Gasteiger partial charge is 0.372 e. The van der Waals surface area contributed by atoms with Gasteiger partial charge in [-0.15, -0.1) is 0 Å². The molecule has 0 saturated carbocycles. The molecule has 1 aromatic rings. The van der Waals surface area contributed by atoms with E-state index in [0.29, 0.717) is 12.0 Å². The van der Waals surface area contributed by atoms with Crippen LogP contribution in [0.2, 0.25) is 0 Å². The molecule has 0 atom stereocenters. The summed E-state index contributed by atoms with van der Waals surface area (Å²) in [7, 11) is 2.13. The van der Waals surface area contributed by atoms with Crippen LogP contribution in [0.1, 0.15) is 33.3 Å². The predicted molar refractivity (Wildman–Crippen MR) is 84.2 cm³/mol. The molecule has 1 N–H and O–H groups in total. The van der Waals surface area contributed by atoms with E-state index in [9.17, 15) is 0 Å². The number of anilines is 1. The number of hydrogen-bond donors (Lipinski definition) is 1. The average Bonchev–Trinajstić information content (AvgIpc) is 2.29. The van der Waals surface area contributed by atoms with Crippen LogP contribution in [0.25, 0.3) is 0 Å². The molecule has 0 aliphatic carbocycles. The van der Waals surface area contributed by atoms with Crippen molar-refractivity contribution >= 4 is 21.6 Å². The summed E-state index contributed by atoms with van der Waals surface area (Å²) < 4.78 is 1.18. The summed E-state index contributed by atoms with van der Waals surface area (Å²) in [6.07, 6.45) is 0. The highest BCUT2D eigenvalue weighted by molar-refractivity contribution is 9.10. The zero-order valence-corrected chi connectivity index (χ0v) is 13.7. The summed E-state index contributed by atoms with van der Waals surface area (Å²) in [6, 6.07) is 7.11. The molecular weight excluding hydrogens is 288 g/mol. The van der Waals surface area contributed by atoms with Gasteiger partial charge in [-0.3, -0.25) is 0 Å². The van der Waals surface area contributed by atoms with Crippen molar-refractivity contribution in [2.24, 2.45) is 5.92 Å². The first-order valence-corrected chi connectivity index (χ1v) is 7.43. The molecule has 0 aliphatic rings. The summed E-state index contributed by atoms with van der Waals surface area (Å²) >= 11 is 3.67. The molecular formula is C15H25BrN2. The SMILES string of the molecule is CC(C)CNCc1ccc(N(C)C(C)C)cc1Br. The lowest BCUT2D eigenvalue weighted by atomic mass is 10.1. The molecule has 0 saturated heterocycles. The van der Waals surface area contributed by atoms with E-state index in [1.807, 2.05) is 0 Å². The second-order valence-electron chi connectivity index (χ2n) is 5.51. The van der Waals surface area contributed by atoms with Gasteiger partial charge in [-0.1, -0.05) is 35.8 Å². The van der Waals surface area contributed by atoms with Crippen molar-refractivity contribution in [3.05, 3.63) is 28.2 Å². The van der Waals surface area contributed by atoms with Gasteiger partial charge in [0.1, 0.15) is 0 Å². The fourth-order valence-corrected chi connectivity index (χ4v) is 2.20. The van der Waals surface area contributed by atoms with E-state index in [4.69, 9.17) is 0 Å². The Hall–Kier alpha value is -0.540. The first-order valence-electron chi connectivity index (χ1n) is 6.63. The topological polar surface area (TPSA) is 15.3 Å². The van der Waals surface area contributed by atoms with Crippen molar-refractivity contribution in [2.45, 2.75) is 40.3 Å². The highest BCUT2D eigenvalue weighted by atomic mass is 79.9. The van der Waals surface area contributed by atoms with E-state index in [1.165, 1.54) is 15.7 Å². The van der Waals surface area contributed by atoms with Crippen LogP contribution in [0, 0.1) is 5.92 Å². The summed E-state index contributed by atoms with van der Waals surface area (Å²) in [4.78, 5) is 2.27. The van der Waals surface area contributed by atoms with Gasteiger partial charge in [0.2, 0.25) is 0 Å². The fraction of sp³-hybridized carbons (Fsp3) is 0.600. The van der Waals surface area contributed by atoms with Crippen molar-refractivity contribution in [1.29, 1.82) is 0 Å². The molecule has 0 heterocycles. The molecule has 0 spiro atoms. The van der Waals surface area contributed by atoms with Crippen LogP contribution in [-0.4, -0.2) is 19.6 Å². The smallest absolute Gasteiger partial charge is 0.0377 e. The van der Waals surface area contributed by atoms with Crippen LogP contribution in [-0.2, 0) is 6.54 Å². The predicted octanol–water partition coefficient (Wildman–Crippen LogP) is 4.04. The van der Waals surface area contributed by atoms with E-state index in [2.05, 4.69) is 79.1 Å². The molecule has 18 heavy (non-hydrogen) atoms. The molecule has 1 aromatic carbocycles. The van der Waals surface area contributed by atoms with E-state index in [1.54, 1.807) is 0 Å². The van der Waals surface area contributed by atoms with Crippen molar-refractivity contribution < 1.29 is 0 Å². The Morgan fingerprint density at radius 3 is 2.39 bits per heavy atom. The van der Waals surface area contributed by atoms with Gasteiger partial charge in [0.25, 0.3) is 0 Å². The van der Waals surface area contributed by atoms with E-state index >= 15 is 0 Å². The molecule has 3 heteroatoms. The third-order valence-corrected chi connectivity index (χ3v) is 3.82. The van der Waals surface area contributed by atoms with Gasteiger partial charge in [0.05, 0.1) is 0 Å². The maximum absolute atomic E-state index is 3.67. The fourth-order valence-electron chi connectivity index (χ4n) is 1.69. The summed E-state index contributed by atoms with van der Waals surface area (Å²) in [6.45, 7) is 10.8. The van der Waals surface area contributed by atoms with Crippen LogP contribution in [0.5, 0.6) is 0 Å². The van der Waals surface area contributed by atoms with E-state index in [0.717, 1.165) is 13.1 Å². The van der Waals surface area contributed by atoms with Crippen molar-refractivity contribution in [3.8, 4) is 0 Å². The van der Waals surface area contributed by atoms with Crippen molar-refractivity contribution in [3.63, 3.8) is 0 Å². The lowest BCUT2D eigenvalue weighted by Crippen LogP contribution is -2.25. The Labute approximate surface area is 120 Å². The Morgan fingerprint density at radius 1 is 1.22 bits per heavy atom. The zero-order valence-electron chi connectivity index (χ0n) is 12.1. The Morgan fingerprint density at radius 2 is 1.89 bits per heavy atom. The molecule has 0 aromatic heterocycles. The van der Waals surface area contributed by atoms with Crippen LogP contribution in [0.4, 0.5) is 5.69 Å². The summed E-state index contributed by atoms with van der Waals surface area (Å²) in [5.74, 6) is 0.690. The number of rotatable bonds is 6. The van der Waals surface area contributed by atoms with Gasteiger partial charge in [-0.2, -0.15) is 0 Å². The van der Waals surface area contributed by atoms with E-state index < -0.39 is 0 Å². The molecule has 0 aliphatic heterocycles. The van der Waals surface area contributed by atoms with Gasteiger partial charge in [-0.25, -0.2) is 0 Å². The first-order chi connectivity index (χ1) is 8.41. The second kappa shape index (κ2) is 7.15. The third-order valence-electron chi connectivity index (χ3n) is 3.09. The Kier molecular flexibility index (Phi) is 6.16. The number of hydrogen-bond acceptors (Lipinski definition) is 2. The molecule has 2 nitrogen and oxygen atoms in total. The van der Waals surface area contributed by atoms with Crippen LogP contribution in [0.15, 0.2) is 22.7 Å². The number of nitrogens with one attached hydrogen (secondary N) is 1. The standard InChI is InChI=1S/C15H25BrN2/c1-11(2)9-17-10-13-6-7-14(8-15(13)16)18(5)12(3)4/h6-8,11-12,17H,9-10H2,1-5H3. The number of nitrogens with zero attached hydrogens (tertiary/aromatic N) is 1. The lowest BCUT2D eigenvalue weighted by molar-refractivity contribution is 0.552. The highest BCUT2D eigenvalue weighted by Gasteiger charge is 2.07. The van der Waals surface area contributed by atoms with Gasteiger partial charge in [0, 0.05) is 29.8 Å². The number of halogens is 1. The maximum atomic E-state index is 3.67. The van der Waals surface area contributed by atoms with Crippen LogP contribution in [0.3, 0.4) is 0 Å². The lowest BCUT2D eigenvalue weighted by Gasteiger charge is -2.24. The summed E-state index contributed by atoms with van der Waals surface area (Å²) in [5, 5.41) is 3.47. The minimum absolute atomic E-state index is 0.516. The minimum atomic E-state index is 0.516. The Bertz CT molecular complexity index is 375. The highest BCUT2D eigenvalue weighted by Crippen LogP contribution is 2.24. The van der Waals surface area contributed by atoms with Crippen LogP contribution < -0.4 is 10.2 Å². The normalized spacial score (nSPS) is 11.3. The van der Waals surface area contributed by atoms with Gasteiger partial charge >= 0.3 is 0 Å². The van der Waals surface area contributed by atoms with Gasteiger partial charge < -0.3 is 10.2 Å². The molecule has 0 amide bonds. The van der Waals surface area contributed by atoms with Crippen molar-refractivity contribution in [1.82, 2.24) is 5.32 Å². The molecule has 1 rings (SSSR count). The number of benzene rings is 1. The monoisotopic (exact) mass is 312 g/mol. The Balaban J connectivity index is 2.68. The maximum Gasteiger partial charge on any atom is 0.0377 e. The second-order valence-corrected chi connectivity index (χ2v) is 6.36. The minimum Gasteiger partial charge on any atom is -0.372 e. The average molecular weight is 313 g/mol. The first kappa shape index (κ1) is 15.5.